The van der Waals surface area contributed by atoms with Crippen molar-refractivity contribution in [1.29, 1.82) is 0 Å². The van der Waals surface area contributed by atoms with Crippen molar-refractivity contribution in [3.63, 3.8) is 0 Å². The molecule has 0 spiro atoms. The second-order valence-electron chi connectivity index (χ2n) is 6.09. The lowest BCUT2D eigenvalue weighted by Gasteiger charge is -2.30. The number of benzene rings is 2. The van der Waals surface area contributed by atoms with Crippen molar-refractivity contribution in [3.05, 3.63) is 65.7 Å². The number of ether oxygens (including phenoxy) is 1. The van der Waals surface area contributed by atoms with Crippen LogP contribution in [0.4, 0.5) is 0 Å². The van der Waals surface area contributed by atoms with Crippen LogP contribution < -0.4 is 0 Å². The lowest BCUT2D eigenvalue weighted by atomic mass is 10.1. The second kappa shape index (κ2) is 7.99. The molecular weight excluding hydrogens is 354 g/mol. The van der Waals surface area contributed by atoms with Crippen LogP contribution in [0.5, 0.6) is 0 Å². The van der Waals surface area contributed by atoms with Crippen molar-refractivity contribution in [2.75, 3.05) is 26.3 Å². The maximum atomic E-state index is 12.9. The van der Waals surface area contributed by atoms with Gasteiger partial charge < -0.3 is 9.64 Å². The van der Waals surface area contributed by atoms with Crippen molar-refractivity contribution in [3.8, 4) is 0 Å². The highest BCUT2D eigenvalue weighted by molar-refractivity contribution is 7.86. The molecule has 7 heteroatoms. The van der Waals surface area contributed by atoms with Crippen molar-refractivity contribution >= 4 is 16.0 Å². The molecule has 138 valence electrons. The third kappa shape index (κ3) is 4.30. The number of hydrogen-bond acceptors (Lipinski definition) is 5. The Morgan fingerprint density at radius 1 is 1.04 bits per heavy atom. The minimum atomic E-state index is -4.09. The smallest absolute Gasteiger partial charge is 0.298 e. The molecule has 0 unspecified atom stereocenters. The SMILES string of the molecule is Cc1ccc(S(=O)(=O)O[C@@H](C(=O)N2CCOCC2)c2ccccc2)cc1. The molecule has 0 radical (unpaired) electrons. The van der Waals surface area contributed by atoms with Crippen LogP contribution in [0.15, 0.2) is 59.5 Å². The summed E-state index contributed by atoms with van der Waals surface area (Å²) in [5.41, 5.74) is 1.44. The first-order valence-electron chi connectivity index (χ1n) is 8.39. The van der Waals surface area contributed by atoms with Gasteiger partial charge in [0.1, 0.15) is 0 Å². The van der Waals surface area contributed by atoms with E-state index in [2.05, 4.69) is 0 Å². The molecule has 2 aromatic rings. The number of aryl methyl sites for hydroxylation is 1. The summed E-state index contributed by atoms with van der Waals surface area (Å²) in [6.07, 6.45) is -1.22. The molecular formula is C19H21NO5S. The molecule has 3 rings (SSSR count). The molecule has 2 aromatic carbocycles. The predicted octanol–water partition coefficient (Wildman–Crippen LogP) is 2.30. The van der Waals surface area contributed by atoms with E-state index in [1.807, 2.05) is 6.92 Å². The third-order valence-electron chi connectivity index (χ3n) is 4.18. The molecule has 1 amide bonds. The summed E-state index contributed by atoms with van der Waals surface area (Å²) in [5.74, 6) is -0.379. The van der Waals surface area contributed by atoms with E-state index in [4.69, 9.17) is 8.92 Å². The summed E-state index contributed by atoms with van der Waals surface area (Å²) in [4.78, 5) is 14.5. The van der Waals surface area contributed by atoms with Gasteiger partial charge in [-0.3, -0.25) is 4.79 Å². The van der Waals surface area contributed by atoms with Crippen LogP contribution in [0.1, 0.15) is 17.2 Å². The monoisotopic (exact) mass is 375 g/mol. The standard InChI is InChI=1S/C19H21NO5S/c1-15-7-9-17(10-8-15)26(22,23)25-18(16-5-3-2-4-6-16)19(21)20-11-13-24-14-12-20/h2-10,18H,11-14H2,1H3/t18-/m1/s1. The topological polar surface area (TPSA) is 72.9 Å². The average molecular weight is 375 g/mol. The van der Waals surface area contributed by atoms with Gasteiger partial charge in [0.2, 0.25) is 0 Å². The zero-order chi connectivity index (χ0) is 18.6. The molecule has 0 N–H and O–H groups in total. The van der Waals surface area contributed by atoms with Gasteiger partial charge in [-0.05, 0) is 24.6 Å². The minimum absolute atomic E-state index is 0.0267. The third-order valence-corrected chi connectivity index (χ3v) is 5.48. The van der Waals surface area contributed by atoms with E-state index in [9.17, 15) is 13.2 Å². The molecule has 1 aliphatic rings. The number of nitrogens with zero attached hydrogens (tertiary/aromatic N) is 1. The Bertz CT molecular complexity index is 843. The summed E-state index contributed by atoms with van der Waals surface area (Å²) in [7, 11) is -4.09. The number of morpholine rings is 1. The molecule has 0 saturated carbocycles. The highest BCUT2D eigenvalue weighted by atomic mass is 32.2. The fourth-order valence-electron chi connectivity index (χ4n) is 2.70. The van der Waals surface area contributed by atoms with E-state index in [1.54, 1.807) is 47.4 Å². The van der Waals surface area contributed by atoms with Crippen LogP contribution in [-0.4, -0.2) is 45.5 Å². The Labute approximate surface area is 153 Å². The Hall–Kier alpha value is -2.22. The van der Waals surface area contributed by atoms with Gasteiger partial charge in [-0.1, -0.05) is 48.0 Å². The van der Waals surface area contributed by atoms with Gasteiger partial charge in [-0.2, -0.15) is 8.42 Å². The van der Waals surface area contributed by atoms with Crippen LogP contribution in [-0.2, 0) is 23.8 Å². The largest absolute Gasteiger partial charge is 0.378 e. The van der Waals surface area contributed by atoms with E-state index in [0.717, 1.165) is 5.56 Å². The van der Waals surface area contributed by atoms with E-state index in [-0.39, 0.29) is 10.8 Å². The Morgan fingerprint density at radius 3 is 2.27 bits per heavy atom. The zero-order valence-corrected chi connectivity index (χ0v) is 15.3. The van der Waals surface area contributed by atoms with Gasteiger partial charge in [0.05, 0.1) is 18.1 Å². The van der Waals surface area contributed by atoms with Crippen LogP contribution in [0.3, 0.4) is 0 Å². The lowest BCUT2D eigenvalue weighted by molar-refractivity contribution is -0.143. The van der Waals surface area contributed by atoms with Gasteiger partial charge in [0, 0.05) is 13.1 Å². The molecule has 1 atom stereocenters. The predicted molar refractivity (Wildman–Crippen MR) is 96.0 cm³/mol. The van der Waals surface area contributed by atoms with E-state index in [0.29, 0.717) is 31.9 Å². The summed E-state index contributed by atoms with van der Waals surface area (Å²) in [6.45, 7) is 3.55. The Balaban J connectivity index is 1.90. The zero-order valence-electron chi connectivity index (χ0n) is 14.5. The fourth-order valence-corrected chi connectivity index (χ4v) is 3.73. The first-order valence-corrected chi connectivity index (χ1v) is 9.80. The molecule has 1 fully saturated rings. The minimum Gasteiger partial charge on any atom is -0.378 e. The molecule has 26 heavy (non-hydrogen) atoms. The van der Waals surface area contributed by atoms with Crippen LogP contribution in [0.2, 0.25) is 0 Å². The quantitative estimate of drug-likeness (QED) is 0.750. The maximum absolute atomic E-state index is 12.9. The highest BCUT2D eigenvalue weighted by Crippen LogP contribution is 2.26. The highest BCUT2D eigenvalue weighted by Gasteiger charge is 2.33. The molecule has 1 aliphatic heterocycles. The van der Waals surface area contributed by atoms with Gasteiger partial charge in [0.25, 0.3) is 16.0 Å². The first-order chi connectivity index (χ1) is 12.5. The van der Waals surface area contributed by atoms with E-state index >= 15 is 0 Å². The van der Waals surface area contributed by atoms with Gasteiger partial charge in [-0.15, -0.1) is 0 Å². The first kappa shape index (κ1) is 18.6. The van der Waals surface area contributed by atoms with Crippen molar-refractivity contribution < 1.29 is 22.1 Å². The van der Waals surface area contributed by atoms with Crippen molar-refractivity contribution in [1.82, 2.24) is 4.90 Å². The Morgan fingerprint density at radius 2 is 1.65 bits per heavy atom. The van der Waals surface area contributed by atoms with Gasteiger partial charge in [0.15, 0.2) is 6.10 Å². The van der Waals surface area contributed by atoms with Gasteiger partial charge in [-0.25, -0.2) is 4.18 Å². The lowest BCUT2D eigenvalue weighted by Crippen LogP contribution is -2.44. The number of rotatable bonds is 5. The maximum Gasteiger partial charge on any atom is 0.298 e. The summed E-state index contributed by atoms with van der Waals surface area (Å²) < 4.78 is 36.1. The average Bonchev–Trinajstić information content (AvgIpc) is 2.67. The van der Waals surface area contributed by atoms with Crippen molar-refractivity contribution in [2.45, 2.75) is 17.9 Å². The summed E-state index contributed by atoms with van der Waals surface area (Å²) >= 11 is 0. The summed E-state index contributed by atoms with van der Waals surface area (Å²) in [6, 6.07) is 15.0. The molecule has 0 aromatic heterocycles. The fraction of sp³-hybridized carbons (Fsp3) is 0.316. The Kier molecular flexibility index (Phi) is 5.70. The van der Waals surface area contributed by atoms with Crippen LogP contribution in [0.25, 0.3) is 0 Å². The number of carbonyl (C=O) groups is 1. The van der Waals surface area contributed by atoms with Crippen LogP contribution >= 0.6 is 0 Å². The van der Waals surface area contributed by atoms with E-state index in [1.165, 1.54) is 12.1 Å². The molecule has 0 bridgehead atoms. The summed E-state index contributed by atoms with van der Waals surface area (Å²) in [5, 5.41) is 0. The normalized spacial score (nSPS) is 16.3. The number of hydrogen-bond donors (Lipinski definition) is 0. The molecule has 1 saturated heterocycles. The van der Waals surface area contributed by atoms with Crippen molar-refractivity contribution in [2.24, 2.45) is 0 Å². The number of carbonyl (C=O) groups excluding carboxylic acids is 1. The molecule has 0 aliphatic carbocycles. The molecule has 1 heterocycles. The van der Waals surface area contributed by atoms with Gasteiger partial charge >= 0.3 is 0 Å². The number of amides is 1. The van der Waals surface area contributed by atoms with Crippen LogP contribution in [0, 0.1) is 6.92 Å². The second-order valence-corrected chi connectivity index (χ2v) is 7.66. The van der Waals surface area contributed by atoms with E-state index < -0.39 is 16.2 Å². The molecule has 6 nitrogen and oxygen atoms in total.